The summed E-state index contributed by atoms with van der Waals surface area (Å²) in [6.45, 7) is 4.71. The Hall–Kier alpha value is -4.12. The van der Waals surface area contributed by atoms with E-state index in [1.807, 2.05) is 31.2 Å². The molecular weight excluding hydrogens is 506 g/mol. The number of hydrogen-bond acceptors (Lipinski definition) is 9. The maximum Gasteiger partial charge on any atom is 0.260 e. The molecule has 3 aromatic heterocycles. The summed E-state index contributed by atoms with van der Waals surface area (Å²) in [4.78, 5) is 22.7. The summed E-state index contributed by atoms with van der Waals surface area (Å²) < 4.78 is 12.7. The van der Waals surface area contributed by atoms with Gasteiger partial charge in [-0.15, -0.1) is 10.2 Å². The van der Waals surface area contributed by atoms with Gasteiger partial charge in [0.15, 0.2) is 0 Å². The number of nitrogens with one attached hydrogen (secondary N) is 2. The molecule has 6 rings (SSSR count). The number of rotatable bonds is 6. The van der Waals surface area contributed by atoms with E-state index in [0.29, 0.717) is 52.4 Å². The second kappa shape index (κ2) is 10.3. The van der Waals surface area contributed by atoms with Crippen LogP contribution in [0, 0.1) is 0 Å². The van der Waals surface area contributed by atoms with Gasteiger partial charge in [0.25, 0.3) is 5.56 Å². The highest BCUT2D eigenvalue weighted by atomic mass is 35.5. The predicted octanol–water partition coefficient (Wildman–Crippen LogP) is 4.59. The fraction of sp³-hybridized carbons (Fsp3) is 0.222. The Bertz CT molecular complexity index is 1650. The third kappa shape index (κ3) is 4.65. The van der Waals surface area contributed by atoms with Crippen LogP contribution in [0.3, 0.4) is 0 Å². The average Bonchev–Trinajstić information content (AvgIpc) is 3.49. The van der Waals surface area contributed by atoms with Gasteiger partial charge in [0.05, 0.1) is 12.7 Å². The summed E-state index contributed by atoms with van der Waals surface area (Å²) in [5.41, 5.74) is 4.02. The van der Waals surface area contributed by atoms with Gasteiger partial charge in [0.1, 0.15) is 5.65 Å². The van der Waals surface area contributed by atoms with E-state index in [1.165, 1.54) is 6.39 Å². The van der Waals surface area contributed by atoms with Gasteiger partial charge < -0.3 is 19.8 Å². The summed E-state index contributed by atoms with van der Waals surface area (Å²) in [6.07, 6.45) is 3.01. The number of benzene rings is 2. The molecule has 2 N–H and O–H groups in total. The lowest BCUT2D eigenvalue weighted by atomic mass is 10.0. The quantitative estimate of drug-likeness (QED) is 0.325. The molecule has 1 aliphatic rings. The molecule has 192 valence electrons. The average molecular weight is 530 g/mol. The Kier molecular flexibility index (Phi) is 6.59. The number of nitrogens with zero attached hydrogens (tertiary/aromatic N) is 5. The first kappa shape index (κ1) is 24.2. The van der Waals surface area contributed by atoms with Crippen LogP contribution in [-0.2, 0) is 11.3 Å². The summed E-state index contributed by atoms with van der Waals surface area (Å²) >= 11 is 6.59. The van der Waals surface area contributed by atoms with Gasteiger partial charge >= 0.3 is 0 Å². The van der Waals surface area contributed by atoms with Crippen LogP contribution in [-0.4, -0.2) is 44.4 Å². The second-order valence-electron chi connectivity index (χ2n) is 8.83. The van der Waals surface area contributed by atoms with E-state index in [0.717, 1.165) is 29.7 Å². The van der Waals surface area contributed by atoms with Crippen molar-refractivity contribution in [3.63, 3.8) is 0 Å². The molecule has 38 heavy (non-hydrogen) atoms. The number of aryl methyl sites for hydroxylation is 1. The number of halogens is 1. The Balaban J connectivity index is 1.31. The second-order valence-corrected chi connectivity index (χ2v) is 9.24. The van der Waals surface area contributed by atoms with E-state index in [4.69, 9.17) is 20.8 Å². The first-order valence-corrected chi connectivity index (χ1v) is 12.6. The molecule has 1 fully saturated rings. The summed E-state index contributed by atoms with van der Waals surface area (Å²) in [5.74, 6) is 0.752. The fourth-order valence-electron chi connectivity index (χ4n) is 4.56. The molecule has 10 nitrogen and oxygen atoms in total. The van der Waals surface area contributed by atoms with E-state index in [1.54, 1.807) is 35.0 Å². The third-order valence-corrected chi connectivity index (χ3v) is 6.79. The Morgan fingerprint density at radius 1 is 1.16 bits per heavy atom. The smallest absolute Gasteiger partial charge is 0.260 e. The van der Waals surface area contributed by atoms with Crippen LogP contribution in [0.1, 0.15) is 18.6 Å². The summed E-state index contributed by atoms with van der Waals surface area (Å²) in [6, 6.07) is 15.0. The van der Waals surface area contributed by atoms with Crippen LogP contribution >= 0.6 is 11.6 Å². The Morgan fingerprint density at radius 2 is 2.03 bits per heavy atom. The summed E-state index contributed by atoms with van der Waals surface area (Å²) in [7, 11) is 0. The molecule has 0 radical (unpaired) electrons. The SMILES string of the molecule is CCn1c(=O)c(-c2ccc(-c3nnco3)cc2Cl)cc2cnc(Nc3ccc(C4CNCCO4)cc3)nc21. The van der Waals surface area contributed by atoms with Gasteiger partial charge in [-0.3, -0.25) is 9.36 Å². The van der Waals surface area contributed by atoms with Gasteiger partial charge in [-0.1, -0.05) is 29.8 Å². The molecule has 1 atom stereocenters. The van der Waals surface area contributed by atoms with Crippen molar-refractivity contribution in [1.29, 1.82) is 0 Å². The van der Waals surface area contributed by atoms with Crippen molar-refractivity contribution < 1.29 is 9.15 Å². The lowest BCUT2D eigenvalue weighted by Gasteiger charge is -2.24. The molecule has 0 bridgehead atoms. The maximum absolute atomic E-state index is 13.5. The number of fused-ring (bicyclic) bond motifs is 1. The van der Waals surface area contributed by atoms with Crippen LogP contribution in [0.4, 0.5) is 11.6 Å². The monoisotopic (exact) mass is 529 g/mol. The molecule has 11 heteroatoms. The molecule has 1 unspecified atom stereocenters. The van der Waals surface area contributed by atoms with E-state index in [-0.39, 0.29) is 11.7 Å². The normalized spacial score (nSPS) is 15.6. The van der Waals surface area contributed by atoms with Gasteiger partial charge in [-0.05, 0) is 42.8 Å². The lowest BCUT2D eigenvalue weighted by Crippen LogP contribution is -2.33. The van der Waals surface area contributed by atoms with E-state index >= 15 is 0 Å². The van der Waals surface area contributed by atoms with Crippen LogP contribution in [0.2, 0.25) is 5.02 Å². The lowest BCUT2D eigenvalue weighted by molar-refractivity contribution is 0.0277. The topological polar surface area (TPSA) is 120 Å². The van der Waals surface area contributed by atoms with Crippen molar-refractivity contribution >= 4 is 34.3 Å². The Morgan fingerprint density at radius 3 is 2.74 bits per heavy atom. The van der Waals surface area contributed by atoms with Gasteiger partial charge in [-0.25, -0.2) is 4.98 Å². The third-order valence-electron chi connectivity index (χ3n) is 6.48. The van der Waals surface area contributed by atoms with Crippen LogP contribution < -0.4 is 16.2 Å². The van der Waals surface area contributed by atoms with Crippen molar-refractivity contribution in [2.24, 2.45) is 0 Å². The number of aromatic nitrogens is 5. The zero-order valence-corrected chi connectivity index (χ0v) is 21.3. The molecule has 2 aromatic carbocycles. The molecule has 1 aliphatic heterocycles. The van der Waals surface area contributed by atoms with Gasteiger partial charge in [-0.2, -0.15) is 4.98 Å². The van der Waals surface area contributed by atoms with Gasteiger partial charge in [0.2, 0.25) is 18.2 Å². The zero-order chi connectivity index (χ0) is 26.1. The number of hydrogen-bond donors (Lipinski definition) is 2. The number of pyridine rings is 1. The minimum absolute atomic E-state index is 0.0476. The standard InChI is InChI=1S/C27H24ClN7O3/c1-2-35-24-18(11-21(26(35)36)20-8-5-17(12-22(20)28)25-34-31-15-38-25)13-30-27(33-24)32-19-6-3-16(4-7-19)23-14-29-9-10-37-23/h3-8,11-13,15,23,29H,2,9-10,14H2,1H3,(H,30,32,33). The molecule has 4 heterocycles. The van der Waals surface area contributed by atoms with Crippen molar-refractivity contribution in [3.8, 4) is 22.6 Å². The number of ether oxygens (including phenoxy) is 1. The van der Waals surface area contributed by atoms with Crippen molar-refractivity contribution in [2.45, 2.75) is 19.6 Å². The molecule has 0 aliphatic carbocycles. The number of morpholine rings is 1. The first-order chi connectivity index (χ1) is 18.6. The number of anilines is 2. The maximum atomic E-state index is 13.5. The largest absolute Gasteiger partial charge is 0.423 e. The van der Waals surface area contributed by atoms with Crippen LogP contribution in [0.25, 0.3) is 33.6 Å². The van der Waals surface area contributed by atoms with Crippen molar-refractivity contribution in [3.05, 3.63) is 82.1 Å². The van der Waals surface area contributed by atoms with E-state index in [2.05, 4.69) is 30.8 Å². The Labute approximate surface area is 222 Å². The molecule has 0 amide bonds. The van der Waals surface area contributed by atoms with Crippen molar-refractivity contribution in [2.75, 3.05) is 25.0 Å². The van der Waals surface area contributed by atoms with Crippen LogP contribution in [0.15, 0.2) is 70.3 Å². The highest BCUT2D eigenvalue weighted by Gasteiger charge is 2.17. The predicted molar refractivity (Wildman–Crippen MR) is 144 cm³/mol. The van der Waals surface area contributed by atoms with Gasteiger partial charge in [0, 0.05) is 58.6 Å². The zero-order valence-electron chi connectivity index (χ0n) is 20.5. The molecule has 0 spiro atoms. The molecular formula is C27H24ClN7O3. The minimum atomic E-state index is -0.192. The first-order valence-electron chi connectivity index (χ1n) is 12.3. The highest BCUT2D eigenvalue weighted by molar-refractivity contribution is 6.33. The molecule has 5 aromatic rings. The van der Waals surface area contributed by atoms with Crippen molar-refractivity contribution in [1.82, 2.24) is 30.0 Å². The van der Waals surface area contributed by atoms with E-state index < -0.39 is 0 Å². The highest BCUT2D eigenvalue weighted by Crippen LogP contribution is 2.31. The summed E-state index contributed by atoms with van der Waals surface area (Å²) in [5, 5.41) is 15.3. The van der Waals surface area contributed by atoms with E-state index in [9.17, 15) is 4.79 Å². The fourth-order valence-corrected chi connectivity index (χ4v) is 4.84. The van der Waals surface area contributed by atoms with Crippen LogP contribution in [0.5, 0.6) is 0 Å². The molecule has 0 saturated carbocycles. The molecule has 1 saturated heterocycles. The minimum Gasteiger partial charge on any atom is -0.423 e.